The molecule has 0 spiro atoms. The molecule has 3 rings (SSSR count). The smallest absolute Gasteiger partial charge is 0.227 e. The first-order valence-electron chi connectivity index (χ1n) is 9.85. The third-order valence-corrected chi connectivity index (χ3v) is 5.31. The van der Waals surface area contributed by atoms with E-state index in [1.807, 2.05) is 19.1 Å². The summed E-state index contributed by atoms with van der Waals surface area (Å²) in [6.07, 6.45) is 3.98. The maximum absolute atomic E-state index is 12.1. The maximum Gasteiger partial charge on any atom is 0.227 e. The summed E-state index contributed by atoms with van der Waals surface area (Å²) < 4.78 is 0. The van der Waals surface area contributed by atoms with E-state index < -0.39 is 0 Å². The summed E-state index contributed by atoms with van der Waals surface area (Å²) in [5, 5.41) is 9.48. The van der Waals surface area contributed by atoms with E-state index in [1.165, 1.54) is 24.8 Å². The predicted octanol–water partition coefficient (Wildman–Crippen LogP) is 3.01. The number of hydrogen-bond acceptors (Lipinski definition) is 3. The van der Waals surface area contributed by atoms with Crippen LogP contribution in [-0.2, 0) is 10.2 Å². The molecule has 0 unspecified atom stereocenters. The lowest BCUT2D eigenvalue weighted by molar-refractivity contribution is -0.116. The molecule has 0 saturated heterocycles. The lowest BCUT2D eigenvalue weighted by Gasteiger charge is -2.43. The van der Waals surface area contributed by atoms with Crippen LogP contribution in [0.5, 0.6) is 0 Å². The van der Waals surface area contributed by atoms with Crippen LogP contribution in [0.3, 0.4) is 0 Å². The molecule has 1 heterocycles. The second-order valence-corrected chi connectivity index (χ2v) is 7.31. The van der Waals surface area contributed by atoms with E-state index in [2.05, 4.69) is 56.3 Å². The number of rotatable bonds is 7. The molecule has 1 aromatic heterocycles. The molecular formula is C22H29N5O. The van der Waals surface area contributed by atoms with Gasteiger partial charge in [-0.15, -0.1) is 0 Å². The average Bonchev–Trinajstić information content (AvgIpc) is 2.66. The van der Waals surface area contributed by atoms with Crippen molar-refractivity contribution in [2.24, 2.45) is 4.99 Å². The highest BCUT2D eigenvalue weighted by Gasteiger charge is 2.38. The van der Waals surface area contributed by atoms with Gasteiger partial charge in [-0.05, 0) is 37.5 Å². The van der Waals surface area contributed by atoms with Crippen LogP contribution in [-0.4, -0.2) is 37.0 Å². The molecule has 3 N–H and O–H groups in total. The van der Waals surface area contributed by atoms with Gasteiger partial charge in [-0.2, -0.15) is 0 Å². The van der Waals surface area contributed by atoms with Crippen molar-refractivity contribution in [3.8, 4) is 0 Å². The summed E-state index contributed by atoms with van der Waals surface area (Å²) in [4.78, 5) is 20.7. The van der Waals surface area contributed by atoms with Gasteiger partial charge in [0.2, 0.25) is 5.91 Å². The fraction of sp³-hybridized carbons (Fsp3) is 0.409. The van der Waals surface area contributed by atoms with Crippen LogP contribution in [0, 0.1) is 6.92 Å². The third-order valence-electron chi connectivity index (χ3n) is 5.31. The predicted molar refractivity (Wildman–Crippen MR) is 114 cm³/mol. The molecule has 2 aromatic rings. The van der Waals surface area contributed by atoms with Crippen molar-refractivity contribution in [1.82, 2.24) is 15.6 Å². The molecule has 1 saturated carbocycles. The van der Waals surface area contributed by atoms with Crippen LogP contribution in [0.25, 0.3) is 0 Å². The fourth-order valence-electron chi connectivity index (χ4n) is 3.55. The number of pyridine rings is 1. The zero-order valence-corrected chi connectivity index (χ0v) is 16.7. The molecular weight excluding hydrogens is 350 g/mol. The number of anilines is 1. The van der Waals surface area contributed by atoms with Gasteiger partial charge < -0.3 is 16.0 Å². The van der Waals surface area contributed by atoms with Crippen LogP contribution >= 0.6 is 0 Å². The average molecular weight is 380 g/mol. The topological polar surface area (TPSA) is 78.4 Å². The van der Waals surface area contributed by atoms with Crippen molar-refractivity contribution in [2.75, 3.05) is 25.5 Å². The number of nitrogens with one attached hydrogen (secondary N) is 3. The quantitative estimate of drug-likeness (QED) is 0.510. The second-order valence-electron chi connectivity index (χ2n) is 7.31. The zero-order chi connectivity index (χ0) is 19.8. The Morgan fingerprint density at radius 2 is 1.89 bits per heavy atom. The number of guanidine groups is 1. The molecule has 28 heavy (non-hydrogen) atoms. The number of hydrogen-bond donors (Lipinski definition) is 3. The fourth-order valence-corrected chi connectivity index (χ4v) is 3.55. The maximum atomic E-state index is 12.1. The van der Waals surface area contributed by atoms with Crippen LogP contribution in [0.4, 0.5) is 5.82 Å². The van der Waals surface area contributed by atoms with Crippen molar-refractivity contribution >= 4 is 17.7 Å². The summed E-state index contributed by atoms with van der Waals surface area (Å²) in [6.45, 7) is 3.25. The van der Waals surface area contributed by atoms with Crippen LogP contribution < -0.4 is 16.0 Å². The van der Waals surface area contributed by atoms with E-state index in [4.69, 9.17) is 0 Å². The lowest BCUT2D eigenvalue weighted by atomic mass is 9.64. The standard InChI is InChI=1S/C22H29N5O/c1-17-8-6-11-19(26-17)27-20(28)12-15-24-21(23-2)25-16-22(13-7-14-22)18-9-4-3-5-10-18/h3-6,8-11H,7,12-16H2,1-2H3,(H2,23,24,25)(H,26,27,28). The highest BCUT2D eigenvalue weighted by Crippen LogP contribution is 2.43. The largest absolute Gasteiger partial charge is 0.356 e. The minimum Gasteiger partial charge on any atom is -0.356 e. The molecule has 6 heteroatoms. The Balaban J connectivity index is 1.44. The highest BCUT2D eigenvalue weighted by molar-refractivity contribution is 5.90. The van der Waals surface area contributed by atoms with Crippen molar-refractivity contribution in [1.29, 1.82) is 0 Å². The number of benzene rings is 1. The van der Waals surface area contributed by atoms with E-state index in [9.17, 15) is 4.79 Å². The number of nitrogens with zero attached hydrogens (tertiary/aromatic N) is 2. The zero-order valence-electron chi connectivity index (χ0n) is 16.7. The van der Waals surface area contributed by atoms with E-state index >= 15 is 0 Å². The van der Waals surface area contributed by atoms with Gasteiger partial charge in [0.1, 0.15) is 5.82 Å². The van der Waals surface area contributed by atoms with Gasteiger partial charge >= 0.3 is 0 Å². The van der Waals surface area contributed by atoms with Crippen molar-refractivity contribution in [3.63, 3.8) is 0 Å². The monoisotopic (exact) mass is 379 g/mol. The number of aliphatic imine (C=N–C) groups is 1. The molecule has 0 radical (unpaired) electrons. The Kier molecular flexibility index (Phi) is 6.63. The highest BCUT2D eigenvalue weighted by atomic mass is 16.1. The number of aryl methyl sites for hydroxylation is 1. The first-order valence-corrected chi connectivity index (χ1v) is 9.85. The normalized spacial score (nSPS) is 15.4. The Hall–Kier alpha value is -2.89. The van der Waals surface area contributed by atoms with Gasteiger partial charge in [-0.3, -0.25) is 9.79 Å². The first kappa shape index (κ1) is 19.9. The van der Waals surface area contributed by atoms with Gasteiger partial charge in [0.05, 0.1) is 0 Å². The van der Waals surface area contributed by atoms with E-state index in [0.29, 0.717) is 18.8 Å². The van der Waals surface area contributed by atoms with Gasteiger partial charge in [0, 0.05) is 37.7 Å². The Bertz CT molecular complexity index is 815. The summed E-state index contributed by atoms with van der Waals surface area (Å²) in [6, 6.07) is 16.2. The second kappa shape index (κ2) is 9.35. The van der Waals surface area contributed by atoms with E-state index in [0.717, 1.165) is 18.2 Å². The third kappa shape index (κ3) is 5.09. The Labute approximate surface area is 166 Å². The van der Waals surface area contributed by atoms with Gasteiger partial charge in [-0.25, -0.2) is 4.98 Å². The molecule has 0 bridgehead atoms. The molecule has 148 valence electrons. The molecule has 0 atom stereocenters. The van der Waals surface area contributed by atoms with E-state index in [-0.39, 0.29) is 11.3 Å². The Morgan fingerprint density at radius 1 is 1.11 bits per heavy atom. The minimum absolute atomic E-state index is 0.0687. The molecule has 1 amide bonds. The minimum atomic E-state index is -0.0687. The summed E-state index contributed by atoms with van der Waals surface area (Å²) >= 11 is 0. The SMILES string of the molecule is CN=C(NCCC(=O)Nc1cccc(C)n1)NCC1(c2ccccc2)CCC1. The number of carbonyl (C=O) groups is 1. The number of carbonyl (C=O) groups excluding carboxylic acids is 1. The number of aromatic nitrogens is 1. The lowest BCUT2D eigenvalue weighted by Crippen LogP contribution is -2.49. The van der Waals surface area contributed by atoms with Gasteiger partial charge in [0.15, 0.2) is 5.96 Å². The summed E-state index contributed by atoms with van der Waals surface area (Å²) in [5.74, 6) is 1.24. The summed E-state index contributed by atoms with van der Waals surface area (Å²) in [7, 11) is 1.75. The Morgan fingerprint density at radius 3 is 2.54 bits per heavy atom. The summed E-state index contributed by atoms with van der Waals surface area (Å²) in [5.41, 5.74) is 2.45. The van der Waals surface area contributed by atoms with Crippen molar-refractivity contribution < 1.29 is 4.79 Å². The first-order chi connectivity index (χ1) is 13.6. The van der Waals surface area contributed by atoms with E-state index in [1.54, 1.807) is 13.1 Å². The van der Waals surface area contributed by atoms with Crippen LogP contribution in [0.1, 0.15) is 36.9 Å². The van der Waals surface area contributed by atoms with Crippen molar-refractivity contribution in [3.05, 3.63) is 59.8 Å². The van der Waals surface area contributed by atoms with Gasteiger partial charge in [0.25, 0.3) is 0 Å². The molecule has 0 aliphatic heterocycles. The van der Waals surface area contributed by atoms with Crippen LogP contribution in [0.2, 0.25) is 0 Å². The molecule has 1 fully saturated rings. The molecule has 6 nitrogen and oxygen atoms in total. The molecule has 1 aliphatic rings. The molecule has 1 aromatic carbocycles. The molecule has 1 aliphatic carbocycles. The number of amides is 1. The van der Waals surface area contributed by atoms with Crippen LogP contribution in [0.15, 0.2) is 53.5 Å². The van der Waals surface area contributed by atoms with Gasteiger partial charge in [-0.1, -0.05) is 42.8 Å². The van der Waals surface area contributed by atoms with Crippen molar-refractivity contribution in [2.45, 2.75) is 38.0 Å².